The maximum Gasteiger partial charge on any atom is 0.138 e. The van der Waals surface area contributed by atoms with Gasteiger partial charge in [0.1, 0.15) is 5.65 Å². The molecule has 0 aliphatic rings. The third kappa shape index (κ3) is 3.33. The molecule has 0 fully saturated rings. The Bertz CT molecular complexity index is 830. The Balaban J connectivity index is 1.83. The van der Waals surface area contributed by atoms with Crippen molar-refractivity contribution in [3.63, 3.8) is 0 Å². The largest absolute Gasteiger partial charge is 0.333 e. The van der Waals surface area contributed by atoms with Crippen LogP contribution in [0.15, 0.2) is 30.5 Å². The number of fused-ring (bicyclic) bond motifs is 1. The predicted octanol–water partition coefficient (Wildman–Crippen LogP) is 3.39. The average Bonchev–Trinajstić information content (AvgIpc) is 3.01. The van der Waals surface area contributed by atoms with Crippen molar-refractivity contribution in [2.45, 2.75) is 13.5 Å². The lowest BCUT2D eigenvalue weighted by Gasteiger charge is -2.05. The van der Waals surface area contributed by atoms with Crippen molar-refractivity contribution in [3.8, 4) is 11.8 Å². The number of nitrogens with zero attached hydrogens (tertiary/aromatic N) is 2. The molecule has 0 saturated carbocycles. The van der Waals surface area contributed by atoms with Gasteiger partial charge in [0.05, 0.1) is 10.6 Å². The fourth-order valence-corrected chi connectivity index (χ4v) is 3.14. The van der Waals surface area contributed by atoms with E-state index in [9.17, 15) is 0 Å². The summed E-state index contributed by atoms with van der Waals surface area (Å²) < 4.78 is 0. The Hall–Kier alpha value is -2.09. The van der Waals surface area contributed by atoms with E-state index in [1.54, 1.807) is 11.3 Å². The van der Waals surface area contributed by atoms with Crippen molar-refractivity contribution < 1.29 is 0 Å². The number of hydrogen-bond donors (Lipinski definition) is 1. The quantitative estimate of drug-likeness (QED) is 0.735. The van der Waals surface area contributed by atoms with Gasteiger partial charge in [-0.2, -0.15) is 0 Å². The van der Waals surface area contributed by atoms with Gasteiger partial charge in [0.2, 0.25) is 0 Å². The second-order valence-corrected chi connectivity index (χ2v) is 6.56. The van der Waals surface area contributed by atoms with Gasteiger partial charge in [-0.25, -0.2) is 4.98 Å². The van der Waals surface area contributed by atoms with Gasteiger partial charge < -0.3 is 9.88 Å². The van der Waals surface area contributed by atoms with Crippen LogP contribution in [0.3, 0.4) is 0 Å². The van der Waals surface area contributed by atoms with Gasteiger partial charge in [-0.05, 0) is 62.7 Å². The highest BCUT2D eigenvalue weighted by atomic mass is 32.1. The molecule has 3 heterocycles. The zero-order valence-corrected chi connectivity index (χ0v) is 13.2. The molecule has 21 heavy (non-hydrogen) atoms. The number of thiophene rings is 1. The number of hydrogen-bond acceptors (Lipinski definition) is 3. The molecule has 3 nitrogen and oxygen atoms in total. The van der Waals surface area contributed by atoms with Gasteiger partial charge in [-0.1, -0.05) is 0 Å². The van der Waals surface area contributed by atoms with Crippen LogP contribution < -0.4 is 0 Å². The molecule has 0 radical (unpaired) electrons. The number of aryl methyl sites for hydroxylation is 1. The van der Waals surface area contributed by atoms with Gasteiger partial charge in [0.25, 0.3) is 0 Å². The Morgan fingerprint density at radius 1 is 1.24 bits per heavy atom. The summed E-state index contributed by atoms with van der Waals surface area (Å²) in [5, 5.41) is 1.11. The average molecular weight is 295 g/mol. The third-order valence-corrected chi connectivity index (χ3v) is 4.05. The number of pyridine rings is 1. The summed E-state index contributed by atoms with van der Waals surface area (Å²) in [6, 6.07) is 8.40. The van der Waals surface area contributed by atoms with Gasteiger partial charge in [-0.15, -0.1) is 11.3 Å². The molecule has 0 unspecified atom stereocenters. The lowest BCUT2D eigenvalue weighted by atomic mass is 10.2. The van der Waals surface area contributed by atoms with E-state index in [1.165, 1.54) is 4.88 Å². The summed E-state index contributed by atoms with van der Waals surface area (Å²) in [6.45, 7) is 3.00. The van der Waals surface area contributed by atoms with Crippen LogP contribution in [-0.4, -0.2) is 29.0 Å². The second kappa shape index (κ2) is 5.72. The Morgan fingerprint density at radius 3 is 2.90 bits per heavy atom. The van der Waals surface area contributed by atoms with Crippen LogP contribution in [0.5, 0.6) is 0 Å². The molecule has 0 atom stereocenters. The van der Waals surface area contributed by atoms with Crippen LogP contribution in [0, 0.1) is 18.8 Å². The molecule has 0 bridgehead atoms. The molecule has 3 aromatic rings. The Kier molecular flexibility index (Phi) is 3.78. The van der Waals surface area contributed by atoms with Crippen LogP contribution in [0.25, 0.3) is 11.0 Å². The van der Waals surface area contributed by atoms with E-state index in [0.29, 0.717) is 0 Å². The number of rotatable bonds is 2. The normalized spacial score (nSPS) is 10.9. The van der Waals surface area contributed by atoms with E-state index < -0.39 is 0 Å². The topological polar surface area (TPSA) is 31.9 Å². The minimum atomic E-state index is 0.893. The molecular weight excluding hydrogens is 278 g/mol. The van der Waals surface area contributed by atoms with Gasteiger partial charge >= 0.3 is 0 Å². The van der Waals surface area contributed by atoms with Crippen molar-refractivity contribution in [2.24, 2.45) is 0 Å². The van der Waals surface area contributed by atoms with Crippen molar-refractivity contribution in [1.29, 1.82) is 0 Å². The van der Waals surface area contributed by atoms with Crippen molar-refractivity contribution in [3.05, 3.63) is 51.5 Å². The highest BCUT2D eigenvalue weighted by molar-refractivity contribution is 7.12. The molecule has 3 aromatic heterocycles. The van der Waals surface area contributed by atoms with Crippen molar-refractivity contribution >= 4 is 22.4 Å². The first kappa shape index (κ1) is 13.9. The van der Waals surface area contributed by atoms with E-state index in [-0.39, 0.29) is 0 Å². The van der Waals surface area contributed by atoms with E-state index in [2.05, 4.69) is 65.1 Å². The van der Waals surface area contributed by atoms with E-state index in [0.717, 1.165) is 33.7 Å². The van der Waals surface area contributed by atoms with Gasteiger partial charge in [0.15, 0.2) is 0 Å². The number of H-pyrrole nitrogens is 1. The lowest BCUT2D eigenvalue weighted by Crippen LogP contribution is -2.09. The molecule has 3 rings (SSSR count). The summed E-state index contributed by atoms with van der Waals surface area (Å²) >= 11 is 1.74. The van der Waals surface area contributed by atoms with Crippen LogP contribution in [0.4, 0.5) is 0 Å². The van der Waals surface area contributed by atoms with Crippen molar-refractivity contribution in [1.82, 2.24) is 14.9 Å². The predicted molar refractivity (Wildman–Crippen MR) is 88.5 cm³/mol. The fourth-order valence-electron chi connectivity index (χ4n) is 2.16. The van der Waals surface area contributed by atoms with Gasteiger partial charge in [0, 0.05) is 23.0 Å². The summed E-state index contributed by atoms with van der Waals surface area (Å²) in [6.07, 6.45) is 1.86. The number of nitrogens with one attached hydrogen (secondary N) is 1. The summed E-state index contributed by atoms with van der Waals surface area (Å²) in [5.74, 6) is 6.41. The Labute approximate surface area is 128 Å². The molecule has 0 amide bonds. The molecule has 1 N–H and O–H groups in total. The summed E-state index contributed by atoms with van der Waals surface area (Å²) in [5.41, 5.74) is 2.96. The van der Waals surface area contributed by atoms with Crippen molar-refractivity contribution in [2.75, 3.05) is 14.1 Å². The standard InChI is InChI=1S/C17H17N3S/c1-12-8-13-9-14(19-17(13)18-10-12)4-5-15-6-7-16(21-15)11-20(2)3/h6-10H,11H2,1-3H3,(H,18,19). The maximum atomic E-state index is 4.37. The molecular formula is C17H17N3S. The summed E-state index contributed by atoms with van der Waals surface area (Å²) in [4.78, 5) is 12.2. The van der Waals surface area contributed by atoms with E-state index in [4.69, 9.17) is 0 Å². The lowest BCUT2D eigenvalue weighted by molar-refractivity contribution is 0.406. The zero-order valence-electron chi connectivity index (χ0n) is 12.4. The highest BCUT2D eigenvalue weighted by Gasteiger charge is 2.01. The molecule has 0 spiro atoms. The molecule has 4 heteroatoms. The Morgan fingerprint density at radius 2 is 2.10 bits per heavy atom. The van der Waals surface area contributed by atoms with Crippen LogP contribution in [0.1, 0.15) is 21.0 Å². The minimum Gasteiger partial charge on any atom is -0.333 e. The SMILES string of the molecule is Cc1cnc2[nH]c(C#Cc3ccc(CN(C)C)s3)cc2c1. The smallest absolute Gasteiger partial charge is 0.138 e. The van der Waals surface area contributed by atoms with Crippen LogP contribution in [-0.2, 0) is 6.54 Å². The zero-order chi connectivity index (χ0) is 14.8. The van der Waals surface area contributed by atoms with E-state index >= 15 is 0 Å². The first-order valence-electron chi connectivity index (χ1n) is 6.81. The molecule has 0 saturated heterocycles. The summed E-state index contributed by atoms with van der Waals surface area (Å²) in [7, 11) is 4.15. The highest BCUT2D eigenvalue weighted by Crippen LogP contribution is 2.17. The minimum absolute atomic E-state index is 0.893. The van der Waals surface area contributed by atoms with Gasteiger partial charge in [-0.3, -0.25) is 0 Å². The number of aromatic amines is 1. The molecule has 0 aliphatic carbocycles. The first-order valence-corrected chi connectivity index (χ1v) is 7.62. The monoisotopic (exact) mass is 295 g/mol. The molecule has 106 valence electrons. The fraction of sp³-hybridized carbons (Fsp3) is 0.235. The maximum absolute atomic E-state index is 4.37. The second-order valence-electron chi connectivity index (χ2n) is 5.39. The number of aromatic nitrogens is 2. The van der Waals surface area contributed by atoms with Crippen LogP contribution in [0.2, 0.25) is 0 Å². The third-order valence-electron chi connectivity index (χ3n) is 3.06. The van der Waals surface area contributed by atoms with Crippen LogP contribution >= 0.6 is 11.3 Å². The molecule has 0 aliphatic heterocycles. The molecule has 0 aromatic carbocycles. The van der Waals surface area contributed by atoms with E-state index in [1.807, 2.05) is 13.1 Å². The first-order chi connectivity index (χ1) is 10.1.